The summed E-state index contributed by atoms with van der Waals surface area (Å²) in [4.78, 5) is 4.86. The van der Waals surface area contributed by atoms with Gasteiger partial charge in [-0.05, 0) is 24.3 Å². The summed E-state index contributed by atoms with van der Waals surface area (Å²) in [5, 5.41) is 0. The Morgan fingerprint density at radius 2 is 1.59 bits per heavy atom. The topological polar surface area (TPSA) is 40.6 Å². The van der Waals surface area contributed by atoms with Gasteiger partial charge < -0.3 is 0 Å². The van der Waals surface area contributed by atoms with Crippen LogP contribution in [-0.2, 0) is 16.4 Å². The number of hydrogen-bond donors (Lipinski definition) is 0. The van der Waals surface area contributed by atoms with Gasteiger partial charge in [0.25, 0.3) is 0 Å². The van der Waals surface area contributed by atoms with Crippen LogP contribution in [0.4, 0.5) is 0 Å². The first kappa shape index (κ1) is 14.7. The Hall–Kier alpha value is -0.910. The van der Waals surface area contributed by atoms with E-state index in [0.29, 0.717) is 11.5 Å². The number of hydrogen-bond acceptors (Lipinski definition) is 4. The van der Waals surface area contributed by atoms with E-state index in [1.165, 1.54) is 18.4 Å². The standard InChI is InChI=1S/C17H24N2O2S/c20-22(21)12-16-17(13-22)19(11-15-6-7-15)9-8-18(16)10-14-4-2-1-3-5-14/h1-5,15-17H,6-13H2/t16-,17+/m1/s1. The van der Waals surface area contributed by atoms with Crippen LogP contribution in [0.2, 0.25) is 0 Å². The van der Waals surface area contributed by atoms with Crippen molar-refractivity contribution in [1.29, 1.82) is 0 Å². The molecule has 2 atom stereocenters. The van der Waals surface area contributed by atoms with Gasteiger partial charge in [-0.3, -0.25) is 9.80 Å². The number of sulfone groups is 1. The molecule has 0 aromatic heterocycles. The molecule has 5 heteroatoms. The molecular weight excluding hydrogens is 296 g/mol. The molecule has 0 N–H and O–H groups in total. The molecule has 0 bridgehead atoms. The summed E-state index contributed by atoms with van der Waals surface area (Å²) in [7, 11) is -2.89. The Morgan fingerprint density at radius 1 is 0.955 bits per heavy atom. The second kappa shape index (κ2) is 5.62. The first-order chi connectivity index (χ1) is 10.6. The molecule has 4 rings (SSSR count). The van der Waals surface area contributed by atoms with Crippen LogP contribution in [0.15, 0.2) is 30.3 Å². The molecule has 2 aliphatic heterocycles. The third kappa shape index (κ3) is 3.07. The first-order valence-electron chi connectivity index (χ1n) is 8.33. The summed E-state index contributed by atoms with van der Waals surface area (Å²) in [6, 6.07) is 10.8. The molecule has 3 aliphatic rings. The van der Waals surface area contributed by atoms with Gasteiger partial charge in [-0.15, -0.1) is 0 Å². The molecule has 4 nitrogen and oxygen atoms in total. The van der Waals surface area contributed by atoms with Gasteiger partial charge >= 0.3 is 0 Å². The molecule has 0 amide bonds. The number of fused-ring (bicyclic) bond motifs is 1. The molecule has 0 unspecified atom stereocenters. The molecule has 120 valence electrons. The second-order valence-corrected chi connectivity index (χ2v) is 9.26. The summed E-state index contributed by atoms with van der Waals surface area (Å²) >= 11 is 0. The van der Waals surface area contributed by atoms with E-state index in [0.717, 1.165) is 32.1 Å². The smallest absolute Gasteiger partial charge is 0.153 e. The van der Waals surface area contributed by atoms with E-state index in [1.807, 2.05) is 6.07 Å². The fourth-order valence-electron chi connectivity index (χ4n) is 3.97. The van der Waals surface area contributed by atoms with Gasteiger partial charge in [0.15, 0.2) is 9.84 Å². The van der Waals surface area contributed by atoms with Gasteiger partial charge in [-0.1, -0.05) is 30.3 Å². The van der Waals surface area contributed by atoms with Gasteiger partial charge in [0.1, 0.15) is 0 Å². The van der Waals surface area contributed by atoms with Gasteiger partial charge in [0, 0.05) is 38.3 Å². The predicted octanol–water partition coefficient (Wildman–Crippen LogP) is 1.38. The summed E-state index contributed by atoms with van der Waals surface area (Å²) in [6.45, 7) is 3.98. The van der Waals surface area contributed by atoms with E-state index in [4.69, 9.17) is 0 Å². The van der Waals surface area contributed by atoms with E-state index in [9.17, 15) is 8.42 Å². The van der Waals surface area contributed by atoms with Gasteiger partial charge in [0.05, 0.1) is 11.5 Å². The number of piperazine rings is 1. The van der Waals surface area contributed by atoms with E-state index in [1.54, 1.807) is 0 Å². The summed E-state index contributed by atoms with van der Waals surface area (Å²) < 4.78 is 24.4. The monoisotopic (exact) mass is 320 g/mol. The Balaban J connectivity index is 1.52. The minimum atomic E-state index is -2.89. The summed E-state index contributed by atoms with van der Waals surface area (Å²) in [5.74, 6) is 1.52. The minimum Gasteiger partial charge on any atom is -0.296 e. The Bertz CT molecular complexity index is 627. The van der Waals surface area contributed by atoms with Crippen molar-refractivity contribution in [3.63, 3.8) is 0 Å². The zero-order valence-electron chi connectivity index (χ0n) is 12.9. The lowest BCUT2D eigenvalue weighted by Gasteiger charge is -2.44. The predicted molar refractivity (Wildman–Crippen MR) is 87.4 cm³/mol. The third-order valence-corrected chi connectivity index (χ3v) is 7.02. The fourth-order valence-corrected chi connectivity index (χ4v) is 6.01. The highest BCUT2D eigenvalue weighted by Gasteiger charge is 2.47. The maximum atomic E-state index is 12.2. The van der Waals surface area contributed by atoms with Crippen LogP contribution in [0.1, 0.15) is 18.4 Å². The molecular formula is C17H24N2O2S. The molecule has 1 aromatic rings. The third-order valence-electron chi connectivity index (χ3n) is 5.32. The van der Waals surface area contributed by atoms with Crippen molar-refractivity contribution in [3.05, 3.63) is 35.9 Å². The lowest BCUT2D eigenvalue weighted by atomic mass is 10.0. The van der Waals surface area contributed by atoms with E-state index < -0.39 is 9.84 Å². The van der Waals surface area contributed by atoms with Crippen molar-refractivity contribution in [2.75, 3.05) is 31.1 Å². The lowest BCUT2D eigenvalue weighted by Crippen LogP contribution is -2.59. The molecule has 1 aromatic carbocycles. The second-order valence-electron chi connectivity index (χ2n) is 7.11. The van der Waals surface area contributed by atoms with Crippen LogP contribution in [0.25, 0.3) is 0 Å². The number of benzene rings is 1. The van der Waals surface area contributed by atoms with Crippen LogP contribution in [0, 0.1) is 5.92 Å². The van der Waals surface area contributed by atoms with Crippen LogP contribution in [-0.4, -0.2) is 61.4 Å². The Morgan fingerprint density at radius 3 is 2.27 bits per heavy atom. The molecule has 2 heterocycles. The molecule has 0 spiro atoms. The van der Waals surface area contributed by atoms with Crippen molar-refractivity contribution in [2.24, 2.45) is 5.92 Å². The molecule has 2 saturated heterocycles. The normalized spacial score (nSPS) is 32.0. The van der Waals surface area contributed by atoms with Gasteiger partial charge in [0.2, 0.25) is 0 Å². The highest BCUT2D eigenvalue weighted by atomic mass is 32.2. The first-order valence-corrected chi connectivity index (χ1v) is 10.2. The average molecular weight is 320 g/mol. The Kier molecular flexibility index (Phi) is 3.75. The molecule has 1 aliphatic carbocycles. The van der Waals surface area contributed by atoms with Gasteiger partial charge in [-0.2, -0.15) is 0 Å². The number of rotatable bonds is 4. The minimum absolute atomic E-state index is 0.178. The maximum absolute atomic E-state index is 12.2. The zero-order chi connectivity index (χ0) is 15.2. The summed E-state index contributed by atoms with van der Waals surface area (Å²) in [5.41, 5.74) is 1.28. The molecule has 1 saturated carbocycles. The Labute approximate surface area is 133 Å². The van der Waals surface area contributed by atoms with Crippen LogP contribution >= 0.6 is 0 Å². The van der Waals surface area contributed by atoms with E-state index >= 15 is 0 Å². The van der Waals surface area contributed by atoms with Gasteiger partial charge in [-0.25, -0.2) is 8.42 Å². The van der Waals surface area contributed by atoms with Crippen molar-refractivity contribution in [1.82, 2.24) is 9.80 Å². The van der Waals surface area contributed by atoms with E-state index in [2.05, 4.69) is 34.1 Å². The van der Waals surface area contributed by atoms with Crippen molar-refractivity contribution in [3.8, 4) is 0 Å². The fraction of sp³-hybridized carbons (Fsp3) is 0.647. The maximum Gasteiger partial charge on any atom is 0.153 e. The zero-order valence-corrected chi connectivity index (χ0v) is 13.7. The van der Waals surface area contributed by atoms with E-state index in [-0.39, 0.29) is 12.1 Å². The SMILES string of the molecule is O=S1(=O)C[C@@H]2[C@H](C1)N(CC1CC1)CCN2Cc1ccccc1. The van der Waals surface area contributed by atoms with Crippen molar-refractivity contribution < 1.29 is 8.42 Å². The molecule has 22 heavy (non-hydrogen) atoms. The summed E-state index contributed by atoms with van der Waals surface area (Å²) in [6.07, 6.45) is 2.66. The lowest BCUT2D eigenvalue weighted by molar-refractivity contribution is 0.0376. The average Bonchev–Trinajstić information content (AvgIpc) is 3.24. The number of nitrogens with zero attached hydrogens (tertiary/aromatic N) is 2. The quantitative estimate of drug-likeness (QED) is 0.840. The highest BCUT2D eigenvalue weighted by molar-refractivity contribution is 7.91. The largest absolute Gasteiger partial charge is 0.296 e. The van der Waals surface area contributed by atoms with Crippen molar-refractivity contribution in [2.45, 2.75) is 31.5 Å². The molecule has 0 radical (unpaired) electrons. The van der Waals surface area contributed by atoms with Crippen LogP contribution in [0.3, 0.4) is 0 Å². The van der Waals surface area contributed by atoms with Crippen molar-refractivity contribution >= 4 is 9.84 Å². The highest BCUT2D eigenvalue weighted by Crippen LogP contribution is 2.34. The van der Waals surface area contributed by atoms with Crippen LogP contribution in [0.5, 0.6) is 0 Å². The van der Waals surface area contributed by atoms with Crippen LogP contribution < -0.4 is 0 Å². The molecule has 3 fully saturated rings.